The summed E-state index contributed by atoms with van der Waals surface area (Å²) in [6.07, 6.45) is 6.35. The van der Waals surface area contributed by atoms with E-state index in [0.717, 1.165) is 12.8 Å². The third-order valence-corrected chi connectivity index (χ3v) is 9.48. The first kappa shape index (κ1) is 23.4. The molecular weight excluding hydrogens is 503 g/mol. The molecule has 1 aromatic carbocycles. The van der Waals surface area contributed by atoms with Gasteiger partial charge in [-0.05, 0) is 57.7 Å². The molecular formula is C25H24ClFN6O2S. The minimum absolute atomic E-state index is 0.0155. The van der Waals surface area contributed by atoms with Crippen LogP contribution < -0.4 is 0 Å². The molecule has 1 saturated heterocycles. The molecule has 4 aromatic rings. The lowest BCUT2D eigenvalue weighted by Gasteiger charge is -2.28. The molecule has 0 amide bonds. The summed E-state index contributed by atoms with van der Waals surface area (Å²) < 4.78 is 43.0. The van der Waals surface area contributed by atoms with Gasteiger partial charge in [-0.15, -0.1) is 0 Å². The van der Waals surface area contributed by atoms with Crippen molar-refractivity contribution < 1.29 is 12.8 Å². The van der Waals surface area contributed by atoms with E-state index in [4.69, 9.17) is 21.6 Å². The maximum Gasteiger partial charge on any atom is 0.182 e. The van der Waals surface area contributed by atoms with Crippen LogP contribution >= 0.6 is 11.6 Å². The average molecular weight is 527 g/mol. The zero-order chi connectivity index (χ0) is 25.2. The fraction of sp³-hybridized carbons (Fsp3) is 0.400. The van der Waals surface area contributed by atoms with E-state index in [1.54, 1.807) is 18.3 Å². The van der Waals surface area contributed by atoms with E-state index in [-0.39, 0.29) is 22.3 Å². The zero-order valence-electron chi connectivity index (χ0n) is 19.8. The molecule has 0 spiro atoms. The number of halogens is 2. The molecule has 1 saturated carbocycles. The third kappa shape index (κ3) is 4.16. The first-order valence-corrected chi connectivity index (χ1v) is 14.0. The number of benzene rings is 1. The van der Waals surface area contributed by atoms with Crippen LogP contribution in [0.2, 0.25) is 5.02 Å². The largest absolute Gasteiger partial charge is 0.269 e. The summed E-state index contributed by atoms with van der Waals surface area (Å²) in [5, 5.41) is 3.98. The van der Waals surface area contributed by atoms with Gasteiger partial charge in [-0.1, -0.05) is 11.6 Å². The van der Waals surface area contributed by atoms with Gasteiger partial charge in [0, 0.05) is 28.3 Å². The van der Waals surface area contributed by atoms with Gasteiger partial charge in [0.05, 0.1) is 34.6 Å². The summed E-state index contributed by atoms with van der Waals surface area (Å²) in [6.45, 7) is 3.67. The van der Waals surface area contributed by atoms with Crippen LogP contribution in [0.1, 0.15) is 65.7 Å². The van der Waals surface area contributed by atoms with Gasteiger partial charge in [-0.2, -0.15) is 5.10 Å². The highest BCUT2D eigenvalue weighted by Crippen LogP contribution is 2.42. The van der Waals surface area contributed by atoms with E-state index in [2.05, 4.69) is 15.1 Å². The van der Waals surface area contributed by atoms with E-state index in [1.807, 2.05) is 24.7 Å². The first-order valence-electron chi connectivity index (χ1n) is 11.9. The van der Waals surface area contributed by atoms with Crippen molar-refractivity contribution >= 4 is 32.6 Å². The number of hydrogen-bond acceptors (Lipinski definition) is 7. The van der Waals surface area contributed by atoms with Crippen LogP contribution in [0.3, 0.4) is 0 Å². The van der Waals surface area contributed by atoms with Crippen LogP contribution in [0.4, 0.5) is 4.39 Å². The van der Waals surface area contributed by atoms with Crippen molar-refractivity contribution in [2.75, 3.05) is 5.75 Å². The number of nitrogens with zero attached hydrogens (tertiary/aromatic N) is 6. The minimum atomic E-state index is -3.35. The molecule has 0 radical (unpaired) electrons. The number of sulfone groups is 1. The molecule has 2 aliphatic rings. The molecule has 3 aromatic heterocycles. The Morgan fingerprint density at radius 3 is 2.58 bits per heavy atom. The van der Waals surface area contributed by atoms with Crippen LogP contribution in [0.15, 0.2) is 30.6 Å². The molecule has 0 unspecified atom stereocenters. The highest BCUT2D eigenvalue weighted by Gasteiger charge is 2.39. The first-order chi connectivity index (χ1) is 17.2. The van der Waals surface area contributed by atoms with Crippen LogP contribution in [0.25, 0.3) is 22.4 Å². The normalized spacial score (nSPS) is 21.7. The Bertz CT molecular complexity index is 1620. The predicted octanol–water partition coefficient (Wildman–Crippen LogP) is 5.06. The Kier molecular flexibility index (Phi) is 5.56. The molecule has 36 heavy (non-hydrogen) atoms. The van der Waals surface area contributed by atoms with Crippen molar-refractivity contribution in [3.05, 3.63) is 64.2 Å². The maximum atomic E-state index is 15.0. The smallest absolute Gasteiger partial charge is 0.182 e. The van der Waals surface area contributed by atoms with E-state index in [9.17, 15) is 12.8 Å². The van der Waals surface area contributed by atoms with E-state index in [0.29, 0.717) is 58.5 Å². The van der Waals surface area contributed by atoms with Crippen molar-refractivity contribution in [3.8, 4) is 11.3 Å². The highest BCUT2D eigenvalue weighted by atomic mass is 35.5. The van der Waals surface area contributed by atoms with Crippen LogP contribution in [-0.4, -0.2) is 43.9 Å². The molecule has 2 fully saturated rings. The molecule has 0 bridgehead atoms. The van der Waals surface area contributed by atoms with Gasteiger partial charge in [0.2, 0.25) is 0 Å². The van der Waals surface area contributed by atoms with Gasteiger partial charge in [0.25, 0.3) is 0 Å². The summed E-state index contributed by atoms with van der Waals surface area (Å²) in [4.78, 5) is 18.7. The average Bonchev–Trinajstić information content (AvgIpc) is 3.56. The zero-order valence-corrected chi connectivity index (χ0v) is 21.4. The lowest BCUT2D eigenvalue weighted by Crippen LogP contribution is -2.27. The summed E-state index contributed by atoms with van der Waals surface area (Å²) >= 11 is 5.98. The van der Waals surface area contributed by atoms with Gasteiger partial charge in [0.1, 0.15) is 22.9 Å². The lowest BCUT2D eigenvalue weighted by atomic mass is 9.95. The molecule has 4 heterocycles. The van der Waals surface area contributed by atoms with E-state index >= 15 is 0 Å². The minimum Gasteiger partial charge on any atom is -0.269 e. The Balaban J connectivity index is 1.45. The molecule has 1 aliphatic heterocycles. The monoisotopic (exact) mass is 526 g/mol. The second-order valence-electron chi connectivity index (χ2n) is 9.68. The van der Waals surface area contributed by atoms with Gasteiger partial charge in [0.15, 0.2) is 15.5 Å². The number of aromatic nitrogens is 6. The van der Waals surface area contributed by atoms with Crippen molar-refractivity contribution in [1.82, 2.24) is 29.7 Å². The predicted molar refractivity (Wildman–Crippen MR) is 134 cm³/mol. The van der Waals surface area contributed by atoms with Crippen LogP contribution in [0, 0.1) is 19.7 Å². The van der Waals surface area contributed by atoms with Crippen molar-refractivity contribution in [1.29, 1.82) is 0 Å². The van der Waals surface area contributed by atoms with Gasteiger partial charge in [-0.25, -0.2) is 32.7 Å². The van der Waals surface area contributed by atoms with Crippen molar-refractivity contribution in [2.24, 2.45) is 0 Å². The lowest BCUT2D eigenvalue weighted by molar-refractivity contribution is 0.498. The Labute approximate surface area is 212 Å². The fourth-order valence-electron chi connectivity index (χ4n) is 4.79. The fourth-order valence-corrected chi connectivity index (χ4v) is 6.91. The molecule has 11 heteroatoms. The number of rotatable bonds is 4. The maximum absolute atomic E-state index is 15.0. The van der Waals surface area contributed by atoms with Crippen molar-refractivity contribution in [3.63, 3.8) is 0 Å². The molecule has 186 valence electrons. The van der Waals surface area contributed by atoms with Crippen LogP contribution in [-0.2, 0) is 9.84 Å². The Morgan fingerprint density at radius 2 is 1.83 bits per heavy atom. The number of aryl methyl sites for hydroxylation is 2. The van der Waals surface area contributed by atoms with E-state index in [1.165, 1.54) is 6.07 Å². The van der Waals surface area contributed by atoms with Gasteiger partial charge < -0.3 is 0 Å². The standard InChI is InChI=1S/C25H24ClFN6O2S/c1-13-14(2)30-25-23(29-13)22(19-6-3-17(26)10-20(19)27)31-24(32-25)15-7-8-36(34,35)21(9-15)16-11-28-33(12-16)18-4-5-18/h3,6,10-12,15,18,21H,4-5,7-9H2,1-2H3/t15-,21+/m0/s1. The van der Waals surface area contributed by atoms with E-state index < -0.39 is 20.9 Å². The van der Waals surface area contributed by atoms with Gasteiger partial charge >= 0.3 is 0 Å². The van der Waals surface area contributed by atoms with Crippen LogP contribution in [0.5, 0.6) is 0 Å². The highest BCUT2D eigenvalue weighted by molar-refractivity contribution is 7.91. The van der Waals surface area contributed by atoms with Gasteiger partial charge in [-0.3, -0.25) is 4.68 Å². The summed E-state index contributed by atoms with van der Waals surface area (Å²) in [5.74, 6) is -0.310. The molecule has 8 nitrogen and oxygen atoms in total. The third-order valence-electron chi connectivity index (χ3n) is 7.11. The van der Waals surface area contributed by atoms with Crippen molar-refractivity contribution in [2.45, 2.75) is 56.7 Å². The second-order valence-corrected chi connectivity index (χ2v) is 12.4. The summed E-state index contributed by atoms with van der Waals surface area (Å²) in [5.41, 5.74) is 3.44. The number of fused-ring (bicyclic) bond motifs is 1. The Hall–Kier alpha value is -2.98. The Morgan fingerprint density at radius 1 is 1.06 bits per heavy atom. The SMILES string of the molecule is Cc1nc2nc([C@H]3CCS(=O)(=O)[C@@H](c4cnn(C5CC5)c4)C3)nc(-c3ccc(Cl)cc3F)c2nc1C. The molecule has 1 aliphatic carbocycles. The molecule has 6 rings (SSSR count). The quantitative estimate of drug-likeness (QED) is 0.366. The molecule has 2 atom stereocenters. The molecule has 0 N–H and O–H groups in total. The topological polar surface area (TPSA) is 104 Å². The number of hydrogen-bond donors (Lipinski definition) is 0. The second kappa shape index (κ2) is 8.55. The summed E-state index contributed by atoms with van der Waals surface area (Å²) in [6, 6.07) is 4.77. The summed E-state index contributed by atoms with van der Waals surface area (Å²) in [7, 11) is -3.35.